The van der Waals surface area contributed by atoms with E-state index in [0.29, 0.717) is 24.4 Å². The lowest BCUT2D eigenvalue weighted by Gasteiger charge is -2.35. The molecule has 1 aliphatic rings. The molecule has 0 radical (unpaired) electrons. The molecule has 9 nitrogen and oxygen atoms in total. The number of aromatic amines is 1. The van der Waals surface area contributed by atoms with Crippen molar-refractivity contribution in [2.24, 2.45) is 0 Å². The predicted molar refractivity (Wildman–Crippen MR) is 123 cm³/mol. The lowest BCUT2D eigenvalue weighted by Crippen LogP contribution is -2.44. The molecule has 1 aliphatic heterocycles. The molecule has 1 N–H and O–H groups in total. The number of rotatable bonds is 6. The van der Waals surface area contributed by atoms with Gasteiger partial charge in [0.2, 0.25) is 0 Å². The number of nitrogens with zero attached hydrogens (tertiary/aromatic N) is 5. The van der Waals surface area contributed by atoms with Crippen LogP contribution in [0.3, 0.4) is 0 Å². The molecule has 4 aromatic rings. The normalized spacial score (nSPS) is 19.4. The van der Waals surface area contributed by atoms with Crippen LogP contribution in [0.2, 0.25) is 0 Å². The van der Waals surface area contributed by atoms with Gasteiger partial charge in [-0.15, -0.1) is 0 Å². The topological polar surface area (TPSA) is 88.0 Å². The van der Waals surface area contributed by atoms with Gasteiger partial charge in [0, 0.05) is 30.9 Å². The second kappa shape index (κ2) is 8.92. The van der Waals surface area contributed by atoms with Gasteiger partial charge in [-0.25, -0.2) is 14.8 Å². The zero-order chi connectivity index (χ0) is 22.9. The Morgan fingerprint density at radius 3 is 2.61 bits per heavy atom. The fourth-order valence-corrected chi connectivity index (χ4v) is 4.64. The number of nitrogens with one attached hydrogen (secondary N) is 1. The monoisotopic (exact) mass is 449 g/mol. The van der Waals surface area contributed by atoms with Crippen LogP contribution >= 0.6 is 0 Å². The highest BCUT2D eigenvalue weighted by molar-refractivity contribution is 5.87. The largest absolute Gasteiger partial charge is 0.494 e. The molecule has 33 heavy (non-hydrogen) atoms. The standard InChI is InChI=1S/C24H28N6O3/c1-4-32-20-7-5-18(6-8-20)14-29-22-21(23-26-15-27-30(23)24(29)31)9-19(10-25-22)13-28-11-16(2)33-17(3)12-28/h5-10,15-17H,4,11-14H2,1-3H3/p+1/t16-,17+. The lowest BCUT2D eigenvalue weighted by atomic mass is 10.1. The summed E-state index contributed by atoms with van der Waals surface area (Å²) in [5, 5.41) is 5.09. The Balaban J connectivity index is 1.52. The summed E-state index contributed by atoms with van der Waals surface area (Å²) in [6.07, 6.45) is 3.82. The zero-order valence-electron chi connectivity index (χ0n) is 19.2. The summed E-state index contributed by atoms with van der Waals surface area (Å²) >= 11 is 0. The average Bonchev–Trinajstić information content (AvgIpc) is 3.28. The van der Waals surface area contributed by atoms with Crippen LogP contribution in [0.5, 0.6) is 5.75 Å². The molecule has 172 valence electrons. The van der Waals surface area contributed by atoms with E-state index in [1.807, 2.05) is 37.4 Å². The van der Waals surface area contributed by atoms with E-state index in [9.17, 15) is 4.79 Å². The van der Waals surface area contributed by atoms with E-state index < -0.39 is 0 Å². The second-order valence-electron chi connectivity index (χ2n) is 8.66. The maximum Gasteiger partial charge on any atom is 0.425 e. The van der Waals surface area contributed by atoms with Gasteiger partial charge in [-0.2, -0.15) is 0 Å². The SMILES string of the molecule is CCOc1ccc(Cn2c(=O)n3nc[nH+]c3c3cc(CN4C[C@@H](C)O[C@@H](C)C4)cnc32)cc1. The van der Waals surface area contributed by atoms with Crippen LogP contribution in [0.1, 0.15) is 31.9 Å². The minimum absolute atomic E-state index is 0.205. The van der Waals surface area contributed by atoms with Crippen LogP contribution in [-0.4, -0.2) is 56.0 Å². The Hall–Kier alpha value is -3.30. The van der Waals surface area contributed by atoms with Gasteiger partial charge in [0.1, 0.15) is 5.75 Å². The molecule has 0 aliphatic carbocycles. The van der Waals surface area contributed by atoms with Crippen LogP contribution < -0.4 is 15.4 Å². The lowest BCUT2D eigenvalue weighted by molar-refractivity contribution is -0.345. The number of hydrogen-bond acceptors (Lipinski definition) is 6. The summed E-state index contributed by atoms with van der Waals surface area (Å²) < 4.78 is 14.5. The van der Waals surface area contributed by atoms with Gasteiger partial charge in [0.05, 0.1) is 30.7 Å². The Morgan fingerprint density at radius 2 is 1.88 bits per heavy atom. The van der Waals surface area contributed by atoms with Crippen LogP contribution in [0.25, 0.3) is 16.7 Å². The number of hydrogen-bond donors (Lipinski definition) is 0. The van der Waals surface area contributed by atoms with E-state index in [0.717, 1.165) is 41.9 Å². The Bertz CT molecular complexity index is 1320. The number of aromatic nitrogens is 5. The Morgan fingerprint density at radius 1 is 1.12 bits per heavy atom. The molecule has 0 amide bonds. The molecule has 1 aromatic carbocycles. The van der Waals surface area contributed by atoms with Crippen molar-refractivity contribution < 1.29 is 14.5 Å². The zero-order valence-corrected chi connectivity index (χ0v) is 19.2. The highest BCUT2D eigenvalue weighted by atomic mass is 16.5. The molecule has 0 saturated carbocycles. The van der Waals surface area contributed by atoms with Crippen molar-refractivity contribution >= 4 is 16.7 Å². The molecule has 0 unspecified atom stereocenters. The maximum absolute atomic E-state index is 13.2. The number of morpholine rings is 1. The number of ether oxygens (including phenoxy) is 2. The highest BCUT2D eigenvalue weighted by Crippen LogP contribution is 2.20. The van der Waals surface area contributed by atoms with Crippen LogP contribution in [-0.2, 0) is 17.8 Å². The quantitative estimate of drug-likeness (QED) is 0.447. The minimum atomic E-state index is -0.233. The van der Waals surface area contributed by atoms with Crippen molar-refractivity contribution in [3.63, 3.8) is 0 Å². The average molecular weight is 450 g/mol. The van der Waals surface area contributed by atoms with E-state index in [1.165, 1.54) is 10.8 Å². The summed E-state index contributed by atoms with van der Waals surface area (Å²) in [6.45, 7) is 9.71. The molecule has 1 fully saturated rings. The molecule has 1 saturated heterocycles. The molecular weight excluding hydrogens is 420 g/mol. The van der Waals surface area contributed by atoms with Crippen molar-refractivity contribution in [3.8, 4) is 5.75 Å². The van der Waals surface area contributed by atoms with Crippen LogP contribution in [0.4, 0.5) is 0 Å². The molecule has 9 heteroatoms. The first-order valence-corrected chi connectivity index (χ1v) is 11.4. The first kappa shape index (κ1) is 21.5. The minimum Gasteiger partial charge on any atom is -0.494 e. The smallest absolute Gasteiger partial charge is 0.425 e. The maximum atomic E-state index is 13.2. The first-order chi connectivity index (χ1) is 16.0. The molecule has 0 bridgehead atoms. The third kappa shape index (κ3) is 4.34. The molecule has 4 heterocycles. The summed E-state index contributed by atoms with van der Waals surface area (Å²) in [5.41, 5.74) is 3.12. The summed E-state index contributed by atoms with van der Waals surface area (Å²) in [6, 6.07) is 9.88. The van der Waals surface area contributed by atoms with E-state index in [2.05, 4.69) is 34.9 Å². The predicted octanol–water partition coefficient (Wildman–Crippen LogP) is 1.91. The first-order valence-electron chi connectivity index (χ1n) is 11.4. The summed E-state index contributed by atoms with van der Waals surface area (Å²) in [7, 11) is 0. The molecule has 5 rings (SSSR count). The van der Waals surface area contributed by atoms with Gasteiger partial charge in [-0.1, -0.05) is 12.1 Å². The fraction of sp³-hybridized carbons (Fsp3) is 0.417. The van der Waals surface area contributed by atoms with Crippen molar-refractivity contribution in [2.75, 3.05) is 19.7 Å². The van der Waals surface area contributed by atoms with Gasteiger partial charge < -0.3 is 9.47 Å². The second-order valence-corrected chi connectivity index (χ2v) is 8.66. The van der Waals surface area contributed by atoms with Gasteiger partial charge in [0.15, 0.2) is 5.65 Å². The Kier molecular flexibility index (Phi) is 5.82. The van der Waals surface area contributed by atoms with E-state index in [4.69, 9.17) is 14.5 Å². The van der Waals surface area contributed by atoms with Crippen LogP contribution in [0, 0.1) is 0 Å². The van der Waals surface area contributed by atoms with E-state index >= 15 is 0 Å². The Labute approximate surface area is 191 Å². The number of benzene rings is 1. The number of H-pyrrole nitrogens is 1. The van der Waals surface area contributed by atoms with Gasteiger partial charge in [0.25, 0.3) is 12.0 Å². The van der Waals surface area contributed by atoms with Gasteiger partial charge >= 0.3 is 5.69 Å². The highest BCUT2D eigenvalue weighted by Gasteiger charge is 2.24. The number of fused-ring (bicyclic) bond motifs is 3. The number of pyridine rings is 1. The fourth-order valence-electron chi connectivity index (χ4n) is 4.64. The summed E-state index contributed by atoms with van der Waals surface area (Å²) in [4.78, 5) is 23.4. The molecular formula is C24H29N6O3+. The van der Waals surface area contributed by atoms with Crippen molar-refractivity contribution in [2.45, 2.75) is 46.1 Å². The van der Waals surface area contributed by atoms with Crippen molar-refractivity contribution in [1.82, 2.24) is 24.1 Å². The third-order valence-corrected chi connectivity index (χ3v) is 5.91. The van der Waals surface area contributed by atoms with E-state index in [-0.39, 0.29) is 17.9 Å². The molecule has 0 spiro atoms. The molecule has 3 aromatic heterocycles. The van der Waals surface area contributed by atoms with Crippen molar-refractivity contribution in [1.29, 1.82) is 0 Å². The van der Waals surface area contributed by atoms with Gasteiger partial charge in [-0.3, -0.25) is 9.47 Å². The molecule has 2 atom stereocenters. The third-order valence-electron chi connectivity index (χ3n) is 5.91. The van der Waals surface area contributed by atoms with Gasteiger partial charge in [-0.05, 0) is 54.6 Å². The van der Waals surface area contributed by atoms with Crippen LogP contribution in [0.15, 0.2) is 47.7 Å². The van der Waals surface area contributed by atoms with Crippen molar-refractivity contribution in [3.05, 3.63) is 64.5 Å². The van der Waals surface area contributed by atoms with E-state index in [1.54, 1.807) is 4.57 Å². The summed E-state index contributed by atoms with van der Waals surface area (Å²) in [5.74, 6) is 0.810.